The van der Waals surface area contributed by atoms with Crippen LogP contribution in [-0.2, 0) is 0 Å². The predicted octanol–water partition coefficient (Wildman–Crippen LogP) is 1.71. The van der Waals surface area contributed by atoms with Crippen molar-refractivity contribution in [2.45, 2.75) is 13.3 Å². The standard InChI is InChI=1S/C12H15N3O2/c1-2-15(7-3-6-13)11-8-9(14)4-5-10(11)12(16)17/h4-5,8H,2-3,7,14H2,1H3,(H,16,17). The third-order valence-corrected chi connectivity index (χ3v) is 2.47. The highest BCUT2D eigenvalue weighted by molar-refractivity contribution is 5.95. The number of anilines is 2. The Morgan fingerprint density at radius 3 is 2.82 bits per heavy atom. The Labute approximate surface area is 100 Å². The molecule has 1 aromatic rings. The first kappa shape index (κ1) is 12.8. The van der Waals surface area contributed by atoms with Gasteiger partial charge in [0.15, 0.2) is 0 Å². The number of benzene rings is 1. The Balaban J connectivity index is 3.12. The zero-order chi connectivity index (χ0) is 12.8. The molecule has 0 radical (unpaired) electrons. The largest absolute Gasteiger partial charge is 0.478 e. The van der Waals surface area contributed by atoms with Gasteiger partial charge in [0.1, 0.15) is 0 Å². The number of hydrogen-bond acceptors (Lipinski definition) is 4. The summed E-state index contributed by atoms with van der Waals surface area (Å²) in [6.07, 6.45) is 0.349. The number of nitrogens with zero attached hydrogens (tertiary/aromatic N) is 2. The van der Waals surface area contributed by atoms with Crippen molar-refractivity contribution in [2.24, 2.45) is 0 Å². The number of carboxylic acid groups (broad SMARTS) is 1. The number of aromatic carboxylic acids is 1. The lowest BCUT2D eigenvalue weighted by atomic mass is 10.1. The molecule has 1 aromatic carbocycles. The Morgan fingerprint density at radius 2 is 2.29 bits per heavy atom. The van der Waals surface area contributed by atoms with E-state index in [0.717, 1.165) is 0 Å². The average Bonchev–Trinajstić information content (AvgIpc) is 2.29. The molecule has 1 rings (SSSR count). The van der Waals surface area contributed by atoms with E-state index in [-0.39, 0.29) is 5.56 Å². The first-order chi connectivity index (χ1) is 8.10. The van der Waals surface area contributed by atoms with Gasteiger partial charge >= 0.3 is 5.97 Å². The van der Waals surface area contributed by atoms with Crippen LogP contribution in [0.2, 0.25) is 0 Å². The lowest BCUT2D eigenvalue weighted by molar-refractivity contribution is 0.0697. The zero-order valence-electron chi connectivity index (χ0n) is 9.68. The molecule has 0 aromatic heterocycles. The summed E-state index contributed by atoms with van der Waals surface area (Å²) >= 11 is 0. The number of hydrogen-bond donors (Lipinski definition) is 2. The second-order valence-electron chi connectivity index (χ2n) is 3.57. The van der Waals surface area contributed by atoms with E-state index in [4.69, 9.17) is 16.1 Å². The van der Waals surface area contributed by atoms with Crippen LogP contribution in [0.4, 0.5) is 11.4 Å². The monoisotopic (exact) mass is 233 g/mol. The maximum atomic E-state index is 11.1. The van der Waals surface area contributed by atoms with E-state index in [0.29, 0.717) is 30.9 Å². The van der Waals surface area contributed by atoms with Crippen molar-refractivity contribution in [2.75, 3.05) is 23.7 Å². The Morgan fingerprint density at radius 1 is 1.59 bits per heavy atom. The summed E-state index contributed by atoms with van der Waals surface area (Å²) in [6.45, 7) is 3.04. The highest BCUT2D eigenvalue weighted by Gasteiger charge is 2.15. The topological polar surface area (TPSA) is 90.4 Å². The molecule has 0 heterocycles. The molecule has 3 N–H and O–H groups in total. The minimum absolute atomic E-state index is 0.207. The van der Waals surface area contributed by atoms with E-state index in [1.165, 1.54) is 6.07 Å². The summed E-state index contributed by atoms with van der Waals surface area (Å²) in [7, 11) is 0. The molecule has 0 fully saturated rings. The molecule has 0 spiro atoms. The van der Waals surface area contributed by atoms with Crippen LogP contribution in [0.3, 0.4) is 0 Å². The molecule has 0 unspecified atom stereocenters. The Kier molecular flexibility index (Phi) is 4.35. The lowest BCUT2D eigenvalue weighted by Gasteiger charge is -2.23. The number of rotatable bonds is 5. The van der Waals surface area contributed by atoms with Gasteiger partial charge in [0.05, 0.1) is 23.7 Å². The van der Waals surface area contributed by atoms with E-state index in [2.05, 4.69) is 0 Å². The predicted molar refractivity (Wildman–Crippen MR) is 65.9 cm³/mol. The van der Waals surface area contributed by atoms with Gasteiger partial charge in [-0.1, -0.05) is 0 Å². The van der Waals surface area contributed by atoms with E-state index in [1.54, 1.807) is 12.1 Å². The smallest absolute Gasteiger partial charge is 0.337 e. The van der Waals surface area contributed by atoms with Crippen molar-refractivity contribution in [1.29, 1.82) is 5.26 Å². The van der Waals surface area contributed by atoms with Gasteiger partial charge in [-0.05, 0) is 25.1 Å². The molecule has 17 heavy (non-hydrogen) atoms. The van der Waals surface area contributed by atoms with Gasteiger partial charge in [-0.15, -0.1) is 0 Å². The van der Waals surface area contributed by atoms with Crippen LogP contribution >= 0.6 is 0 Å². The van der Waals surface area contributed by atoms with Gasteiger partial charge < -0.3 is 15.7 Å². The van der Waals surface area contributed by atoms with Crippen molar-refractivity contribution >= 4 is 17.3 Å². The highest BCUT2D eigenvalue weighted by atomic mass is 16.4. The SMILES string of the molecule is CCN(CCC#N)c1cc(N)ccc1C(=O)O. The van der Waals surface area contributed by atoms with Crippen LogP contribution in [0.5, 0.6) is 0 Å². The van der Waals surface area contributed by atoms with Crippen LogP contribution in [0, 0.1) is 11.3 Å². The Bertz CT molecular complexity index is 452. The van der Waals surface area contributed by atoms with Crippen LogP contribution in [0.25, 0.3) is 0 Å². The molecular weight excluding hydrogens is 218 g/mol. The molecule has 0 saturated heterocycles. The van der Waals surface area contributed by atoms with E-state index >= 15 is 0 Å². The van der Waals surface area contributed by atoms with Crippen LogP contribution in [0.15, 0.2) is 18.2 Å². The fourth-order valence-corrected chi connectivity index (χ4v) is 1.63. The highest BCUT2D eigenvalue weighted by Crippen LogP contribution is 2.23. The summed E-state index contributed by atoms with van der Waals surface area (Å²) < 4.78 is 0. The summed E-state index contributed by atoms with van der Waals surface area (Å²) in [5.74, 6) is -0.990. The second kappa shape index (κ2) is 5.75. The summed E-state index contributed by atoms with van der Waals surface area (Å²) in [4.78, 5) is 12.9. The first-order valence-electron chi connectivity index (χ1n) is 5.34. The zero-order valence-corrected chi connectivity index (χ0v) is 9.68. The third-order valence-electron chi connectivity index (χ3n) is 2.47. The fraction of sp³-hybridized carbons (Fsp3) is 0.333. The summed E-state index contributed by atoms with van der Waals surface area (Å²) in [5.41, 5.74) is 6.95. The molecule has 0 aliphatic carbocycles. The first-order valence-corrected chi connectivity index (χ1v) is 5.34. The lowest BCUT2D eigenvalue weighted by Crippen LogP contribution is -2.25. The second-order valence-corrected chi connectivity index (χ2v) is 3.57. The van der Waals surface area contributed by atoms with E-state index in [9.17, 15) is 4.79 Å². The van der Waals surface area contributed by atoms with Crippen molar-refractivity contribution < 1.29 is 9.90 Å². The number of nitriles is 1. The molecule has 0 atom stereocenters. The number of nitrogen functional groups attached to an aromatic ring is 1. The van der Waals surface area contributed by atoms with E-state index in [1.807, 2.05) is 17.9 Å². The summed E-state index contributed by atoms with van der Waals surface area (Å²) in [6, 6.07) is 6.72. The molecule has 0 aliphatic rings. The Hall–Kier alpha value is -2.22. The molecule has 90 valence electrons. The minimum atomic E-state index is -0.990. The fourth-order valence-electron chi connectivity index (χ4n) is 1.63. The van der Waals surface area contributed by atoms with Gasteiger partial charge in [0.25, 0.3) is 0 Å². The minimum Gasteiger partial charge on any atom is -0.478 e. The molecule has 0 aliphatic heterocycles. The normalized spacial score (nSPS) is 9.65. The van der Waals surface area contributed by atoms with Gasteiger partial charge in [0.2, 0.25) is 0 Å². The van der Waals surface area contributed by atoms with Gasteiger partial charge in [0, 0.05) is 18.8 Å². The van der Waals surface area contributed by atoms with Crippen LogP contribution in [-0.4, -0.2) is 24.2 Å². The molecule has 5 nitrogen and oxygen atoms in total. The number of nitrogens with two attached hydrogens (primary N) is 1. The third kappa shape index (κ3) is 3.11. The van der Waals surface area contributed by atoms with Gasteiger partial charge in [-0.3, -0.25) is 0 Å². The van der Waals surface area contributed by atoms with Gasteiger partial charge in [-0.25, -0.2) is 4.79 Å². The van der Waals surface area contributed by atoms with Gasteiger partial charge in [-0.2, -0.15) is 5.26 Å². The quantitative estimate of drug-likeness (QED) is 0.755. The molecule has 0 bridgehead atoms. The number of carboxylic acids is 1. The van der Waals surface area contributed by atoms with Crippen molar-refractivity contribution in [1.82, 2.24) is 0 Å². The van der Waals surface area contributed by atoms with Crippen LogP contribution < -0.4 is 10.6 Å². The molecule has 0 saturated carbocycles. The number of carbonyl (C=O) groups is 1. The molecule has 0 amide bonds. The summed E-state index contributed by atoms with van der Waals surface area (Å²) in [5, 5.41) is 17.7. The van der Waals surface area contributed by atoms with Crippen LogP contribution in [0.1, 0.15) is 23.7 Å². The van der Waals surface area contributed by atoms with Crippen molar-refractivity contribution in [3.63, 3.8) is 0 Å². The maximum absolute atomic E-state index is 11.1. The van der Waals surface area contributed by atoms with E-state index < -0.39 is 5.97 Å². The maximum Gasteiger partial charge on any atom is 0.337 e. The average molecular weight is 233 g/mol. The molecular formula is C12H15N3O2. The molecule has 5 heteroatoms. The van der Waals surface area contributed by atoms with Crippen molar-refractivity contribution in [3.05, 3.63) is 23.8 Å². The van der Waals surface area contributed by atoms with Crippen molar-refractivity contribution in [3.8, 4) is 6.07 Å².